The normalized spacial score (nSPS) is 20.0. The molecule has 21 heteroatoms. The van der Waals surface area contributed by atoms with Crippen molar-refractivity contribution in [1.82, 2.24) is 35.3 Å². The van der Waals surface area contributed by atoms with Gasteiger partial charge < -0.3 is 45.9 Å². The summed E-state index contributed by atoms with van der Waals surface area (Å²) in [5.74, 6) is -3.52. The number of ether oxygens (including phenoxy) is 1. The Bertz CT molecular complexity index is 3170. The minimum Gasteiger partial charge on any atom is -0.458 e. The number of urea groups is 1. The van der Waals surface area contributed by atoms with Crippen molar-refractivity contribution in [3.8, 4) is 11.4 Å². The molecule has 4 aromatic rings. The molecule has 0 bridgehead atoms. The zero-order valence-corrected chi connectivity index (χ0v) is 45.0. The van der Waals surface area contributed by atoms with Gasteiger partial charge in [-0.05, 0) is 92.7 Å². The van der Waals surface area contributed by atoms with E-state index in [1.54, 1.807) is 38.3 Å². The number of amides is 7. The highest BCUT2D eigenvalue weighted by molar-refractivity contribution is 6.12. The molecule has 414 valence electrons. The van der Waals surface area contributed by atoms with Crippen LogP contribution in [-0.2, 0) is 65.2 Å². The number of likely N-dealkylation sites (N-methyl/N-ethyl adjacent to an activating group) is 1. The van der Waals surface area contributed by atoms with Crippen molar-refractivity contribution in [2.45, 2.75) is 129 Å². The predicted octanol–water partition coefficient (Wildman–Crippen LogP) is 3.97. The molecule has 2 aromatic carbocycles. The zero-order valence-electron chi connectivity index (χ0n) is 45.0. The summed E-state index contributed by atoms with van der Waals surface area (Å²) in [6.07, 6.45) is 6.12. The Morgan fingerprint density at radius 2 is 1.67 bits per heavy atom. The number of aliphatic hydroxyl groups is 1. The van der Waals surface area contributed by atoms with Crippen molar-refractivity contribution in [3.63, 3.8) is 0 Å². The van der Waals surface area contributed by atoms with Gasteiger partial charge in [-0.15, -0.1) is 0 Å². The molecule has 78 heavy (non-hydrogen) atoms. The topological polar surface area (TPSA) is 264 Å². The monoisotopic (exact) mass is 1070 g/mol. The van der Waals surface area contributed by atoms with Crippen molar-refractivity contribution in [2.75, 3.05) is 51.6 Å². The first kappa shape index (κ1) is 55.4. The summed E-state index contributed by atoms with van der Waals surface area (Å²) in [5.41, 5.74) is 10.0. The molecule has 5 aliphatic rings. The molecular formula is C57H70FN10O10+. The van der Waals surface area contributed by atoms with E-state index in [1.165, 1.54) is 18.2 Å². The molecular weight excluding hydrogens is 1000 g/mol. The average molecular weight is 1070 g/mol. The molecule has 7 N–H and O–H groups in total. The summed E-state index contributed by atoms with van der Waals surface area (Å²) < 4.78 is 23.3. The lowest BCUT2D eigenvalue weighted by atomic mass is 9.80. The van der Waals surface area contributed by atoms with E-state index in [-0.39, 0.29) is 97.7 Å². The first-order valence-corrected chi connectivity index (χ1v) is 27.2. The van der Waals surface area contributed by atoms with E-state index in [9.17, 15) is 43.5 Å². The summed E-state index contributed by atoms with van der Waals surface area (Å²) in [7, 11) is 2.23. The number of nitrogens with one attached hydrogen (secondary N) is 4. The number of hydrogen-bond acceptors (Lipinski definition) is 12. The van der Waals surface area contributed by atoms with Crippen LogP contribution in [0.15, 0.2) is 53.3 Å². The molecule has 0 radical (unpaired) electrons. The molecule has 20 nitrogen and oxygen atoms in total. The lowest BCUT2D eigenvalue weighted by molar-refractivity contribution is -0.926. The number of aryl methyl sites for hydroxylation is 1. The lowest BCUT2D eigenvalue weighted by Gasteiger charge is -2.46. The standard InChI is InChI=1S/C57H69FN10O10/c1-6-57(77)39-27-44-51-37(29-67(44)54(74)38(39)31-78-55(57)75)49-43(18-17-36-33(4)40(58)28-42(62-51)48(36)49)65-23-25-68(5,26-24-65)30-34-13-15-35(16-14-34)61-52(72)41(11-10-21-60-56(59)76)63-53(73)50(32(2)3)64-45(69)12-8-7-9-22-66-46(70)19-20-47(66)71/h13-16,19-20,27-28,32,41,43,50,77H,6-12,17-18,21-26,29-31H2,1-5H3,(H5-,59,60,61,63,64,69,72,73,76)/p+1/t41-,43-,50-,57-/m0/s1. The molecule has 6 heterocycles. The number of esters is 1. The van der Waals surface area contributed by atoms with Crippen LogP contribution in [0.5, 0.6) is 0 Å². The number of benzene rings is 2. The van der Waals surface area contributed by atoms with Crippen molar-refractivity contribution in [2.24, 2.45) is 11.7 Å². The molecule has 7 amide bonds. The van der Waals surface area contributed by atoms with Crippen LogP contribution in [0.1, 0.15) is 117 Å². The Kier molecular flexibility index (Phi) is 16.0. The van der Waals surface area contributed by atoms with E-state index in [0.29, 0.717) is 66.8 Å². The summed E-state index contributed by atoms with van der Waals surface area (Å²) in [6.45, 7) is 11.4. The van der Waals surface area contributed by atoms with Gasteiger partial charge in [0.2, 0.25) is 17.7 Å². The molecule has 0 saturated carbocycles. The van der Waals surface area contributed by atoms with Gasteiger partial charge in [-0.25, -0.2) is 19.0 Å². The number of anilines is 1. The van der Waals surface area contributed by atoms with Crippen LogP contribution in [-0.4, -0.2) is 129 Å². The Balaban J connectivity index is 0.841. The van der Waals surface area contributed by atoms with Crippen LogP contribution in [0.4, 0.5) is 14.9 Å². The van der Waals surface area contributed by atoms with E-state index in [0.717, 1.165) is 69.6 Å². The summed E-state index contributed by atoms with van der Waals surface area (Å²) in [5, 5.41) is 23.5. The van der Waals surface area contributed by atoms with E-state index in [4.69, 9.17) is 15.5 Å². The van der Waals surface area contributed by atoms with Crippen LogP contribution in [0.3, 0.4) is 0 Å². The maximum absolute atomic E-state index is 15.6. The molecule has 1 fully saturated rings. The summed E-state index contributed by atoms with van der Waals surface area (Å²) >= 11 is 0. The number of fused-ring (bicyclic) bond motifs is 5. The second-order valence-electron chi connectivity index (χ2n) is 22.1. The Morgan fingerprint density at radius 1 is 0.949 bits per heavy atom. The quantitative estimate of drug-likeness (QED) is 0.0280. The van der Waals surface area contributed by atoms with E-state index >= 15 is 4.39 Å². The number of hydrogen-bond donors (Lipinski definition) is 6. The van der Waals surface area contributed by atoms with Gasteiger partial charge in [0.15, 0.2) is 5.60 Å². The Labute approximate surface area is 451 Å². The van der Waals surface area contributed by atoms with Gasteiger partial charge in [0.25, 0.3) is 17.4 Å². The number of imide groups is 1. The number of quaternary nitrogens is 1. The second kappa shape index (κ2) is 22.5. The maximum Gasteiger partial charge on any atom is 0.343 e. The first-order valence-electron chi connectivity index (χ1n) is 27.2. The number of rotatable bonds is 20. The largest absolute Gasteiger partial charge is 0.458 e. The van der Waals surface area contributed by atoms with Crippen LogP contribution in [0.2, 0.25) is 0 Å². The van der Waals surface area contributed by atoms with Crippen LogP contribution in [0.25, 0.3) is 22.3 Å². The Hall–Kier alpha value is -7.36. The zero-order chi connectivity index (χ0) is 55.8. The van der Waals surface area contributed by atoms with Crippen LogP contribution >= 0.6 is 0 Å². The average Bonchev–Trinajstić information content (AvgIpc) is 3.98. The summed E-state index contributed by atoms with van der Waals surface area (Å²) in [4.78, 5) is 111. The third-order valence-electron chi connectivity index (χ3n) is 16.5. The SMILES string of the molecule is CC[C@@]1(O)C(=O)OCc2c1cc1n(c2=O)Cc2c-1nc1cc(F)c(C)c3c1c2[C@@H](N1CC[N+](C)(Cc2ccc(NC(=O)[C@H](CCCNC(N)=O)NC(=O)[C@@H](NC(=O)CCCCCN4C(=O)C=CC4=O)C(C)C)cc2)CC1)CC3. The number of halogens is 1. The molecule has 9 rings (SSSR count). The third kappa shape index (κ3) is 11.0. The van der Waals surface area contributed by atoms with Gasteiger partial charge in [0.1, 0.15) is 31.1 Å². The van der Waals surface area contributed by atoms with E-state index in [1.807, 2.05) is 24.3 Å². The maximum atomic E-state index is 15.6. The van der Waals surface area contributed by atoms with Crippen LogP contribution in [0, 0.1) is 18.7 Å². The van der Waals surface area contributed by atoms with Gasteiger partial charge in [-0.2, -0.15) is 0 Å². The number of carbonyl (C=O) groups is 7. The van der Waals surface area contributed by atoms with Gasteiger partial charge in [0, 0.05) is 84.6 Å². The van der Waals surface area contributed by atoms with Crippen molar-refractivity contribution < 1.29 is 52.3 Å². The van der Waals surface area contributed by atoms with E-state index in [2.05, 4.69) is 33.2 Å². The minimum absolute atomic E-state index is 0.0204. The third-order valence-corrected chi connectivity index (χ3v) is 16.5. The number of nitrogens with two attached hydrogens (primary N) is 1. The number of cyclic esters (lactones) is 1. The highest BCUT2D eigenvalue weighted by atomic mass is 19.1. The van der Waals surface area contributed by atoms with Gasteiger partial charge in [-0.1, -0.05) is 39.3 Å². The Morgan fingerprint density at radius 3 is 2.35 bits per heavy atom. The molecule has 1 saturated heterocycles. The first-order chi connectivity index (χ1) is 37.2. The molecule has 0 unspecified atom stereocenters. The predicted molar refractivity (Wildman–Crippen MR) is 286 cm³/mol. The minimum atomic E-state index is -1.97. The fourth-order valence-electron chi connectivity index (χ4n) is 11.9. The van der Waals surface area contributed by atoms with Crippen molar-refractivity contribution >= 4 is 58.1 Å². The molecule has 0 spiro atoms. The van der Waals surface area contributed by atoms with Crippen molar-refractivity contribution in [1.29, 1.82) is 0 Å². The highest BCUT2D eigenvalue weighted by Gasteiger charge is 2.46. The molecule has 4 aliphatic heterocycles. The highest BCUT2D eigenvalue weighted by Crippen LogP contribution is 2.48. The smallest absolute Gasteiger partial charge is 0.343 e. The number of piperazine rings is 1. The number of carbonyl (C=O) groups excluding carboxylic acids is 7. The number of unbranched alkanes of at least 4 members (excludes halogenated alkanes) is 2. The van der Waals surface area contributed by atoms with Crippen molar-refractivity contribution in [3.05, 3.63) is 104 Å². The van der Waals surface area contributed by atoms with Gasteiger partial charge in [-0.3, -0.25) is 38.6 Å². The fourth-order valence-corrected chi connectivity index (χ4v) is 11.9. The van der Waals surface area contributed by atoms with Gasteiger partial charge in [0.05, 0.1) is 49.1 Å². The van der Waals surface area contributed by atoms with Gasteiger partial charge >= 0.3 is 12.0 Å². The molecule has 4 atom stereocenters. The molecule has 1 aliphatic carbocycles. The van der Waals surface area contributed by atoms with E-state index < -0.39 is 41.5 Å². The second-order valence-corrected chi connectivity index (χ2v) is 22.1. The number of nitrogens with zero attached hydrogens (tertiary/aromatic N) is 5. The number of pyridine rings is 2. The fraction of sp³-hybridized carbons (Fsp3) is 0.491. The number of primary amides is 1. The number of aromatic nitrogens is 2. The molecule has 2 aromatic heterocycles. The summed E-state index contributed by atoms with van der Waals surface area (Å²) in [6, 6.07) is 8.07. The van der Waals surface area contributed by atoms with Crippen LogP contribution < -0.4 is 32.6 Å². The lowest BCUT2D eigenvalue weighted by Crippen LogP contribution is -2.57.